The number of para-hydroxylation sites is 1. The van der Waals surface area contributed by atoms with Crippen molar-refractivity contribution in [1.29, 1.82) is 0 Å². The van der Waals surface area contributed by atoms with Crippen molar-refractivity contribution >= 4 is 34.4 Å². The van der Waals surface area contributed by atoms with Gasteiger partial charge in [-0.3, -0.25) is 14.4 Å². The van der Waals surface area contributed by atoms with Crippen LogP contribution in [-0.4, -0.2) is 37.4 Å². The summed E-state index contributed by atoms with van der Waals surface area (Å²) >= 11 is 0. The summed E-state index contributed by atoms with van der Waals surface area (Å²) in [5.41, 5.74) is 0.416. The summed E-state index contributed by atoms with van der Waals surface area (Å²) in [6, 6.07) is 13.1. The minimum atomic E-state index is -0.771. The first kappa shape index (κ1) is 24.5. The van der Waals surface area contributed by atoms with Crippen molar-refractivity contribution in [3.63, 3.8) is 0 Å². The molecule has 0 saturated heterocycles. The van der Waals surface area contributed by atoms with E-state index in [2.05, 4.69) is 16.0 Å². The van der Waals surface area contributed by atoms with Crippen LogP contribution < -0.4 is 26.3 Å². The van der Waals surface area contributed by atoms with Gasteiger partial charge >= 0.3 is 5.63 Å². The van der Waals surface area contributed by atoms with E-state index in [1.807, 2.05) is 13.8 Å². The maximum atomic E-state index is 12.5. The number of anilines is 1. The average molecular weight is 466 g/mol. The predicted molar refractivity (Wildman–Crippen MR) is 128 cm³/mol. The quantitative estimate of drug-likeness (QED) is 0.312. The molecule has 0 atom stereocenters. The van der Waals surface area contributed by atoms with Gasteiger partial charge in [-0.15, -0.1) is 0 Å². The molecule has 3 amide bonds. The van der Waals surface area contributed by atoms with Gasteiger partial charge in [0.15, 0.2) is 11.3 Å². The van der Waals surface area contributed by atoms with Crippen LogP contribution in [0.2, 0.25) is 0 Å². The van der Waals surface area contributed by atoms with Crippen LogP contribution in [0.15, 0.2) is 57.7 Å². The highest BCUT2D eigenvalue weighted by atomic mass is 16.5. The van der Waals surface area contributed by atoms with E-state index in [0.29, 0.717) is 35.4 Å². The molecule has 0 aliphatic carbocycles. The largest absolute Gasteiger partial charge is 0.490 e. The van der Waals surface area contributed by atoms with Crippen LogP contribution in [0.5, 0.6) is 5.75 Å². The smallest absolute Gasteiger partial charge is 0.349 e. The van der Waals surface area contributed by atoms with Crippen molar-refractivity contribution < 1.29 is 23.5 Å². The Bertz CT molecular complexity index is 1230. The summed E-state index contributed by atoms with van der Waals surface area (Å²) < 4.78 is 10.8. The SMILES string of the molecule is CCCC(=O)Nc1ccc(C(=O)NCCNC(=O)c2cc3cccc(OCC)c3oc2=O)cc1. The van der Waals surface area contributed by atoms with Gasteiger partial charge in [0.2, 0.25) is 5.91 Å². The molecule has 1 heterocycles. The van der Waals surface area contributed by atoms with E-state index >= 15 is 0 Å². The third kappa shape index (κ3) is 6.22. The first-order chi connectivity index (χ1) is 16.4. The molecule has 0 unspecified atom stereocenters. The lowest BCUT2D eigenvalue weighted by molar-refractivity contribution is -0.116. The lowest BCUT2D eigenvalue weighted by Crippen LogP contribution is -2.36. The van der Waals surface area contributed by atoms with Crippen LogP contribution in [0, 0.1) is 0 Å². The molecule has 0 bridgehead atoms. The van der Waals surface area contributed by atoms with Crippen molar-refractivity contribution in [2.75, 3.05) is 25.0 Å². The van der Waals surface area contributed by atoms with E-state index in [-0.39, 0.29) is 36.1 Å². The van der Waals surface area contributed by atoms with Crippen LogP contribution in [0.1, 0.15) is 47.4 Å². The van der Waals surface area contributed by atoms with Crippen molar-refractivity contribution in [1.82, 2.24) is 10.6 Å². The normalized spacial score (nSPS) is 10.5. The lowest BCUT2D eigenvalue weighted by atomic mass is 10.1. The van der Waals surface area contributed by atoms with Gasteiger partial charge in [-0.05, 0) is 49.7 Å². The summed E-state index contributed by atoms with van der Waals surface area (Å²) in [7, 11) is 0. The van der Waals surface area contributed by atoms with Gasteiger partial charge in [-0.2, -0.15) is 0 Å². The fraction of sp³-hybridized carbons (Fsp3) is 0.280. The molecule has 34 heavy (non-hydrogen) atoms. The molecule has 2 aromatic carbocycles. The van der Waals surface area contributed by atoms with Gasteiger partial charge in [0.25, 0.3) is 11.8 Å². The number of ether oxygens (including phenoxy) is 1. The first-order valence-electron chi connectivity index (χ1n) is 11.1. The maximum absolute atomic E-state index is 12.5. The van der Waals surface area contributed by atoms with E-state index in [1.165, 1.54) is 6.07 Å². The predicted octanol–water partition coefficient (Wildman–Crippen LogP) is 3.09. The molecular formula is C25H27N3O6. The first-order valence-corrected chi connectivity index (χ1v) is 11.1. The second kappa shape index (κ2) is 11.6. The van der Waals surface area contributed by atoms with Crippen molar-refractivity contribution in [3.05, 3.63) is 70.1 Å². The number of hydrogen-bond donors (Lipinski definition) is 3. The van der Waals surface area contributed by atoms with Gasteiger partial charge in [-0.25, -0.2) is 4.79 Å². The van der Waals surface area contributed by atoms with Gasteiger partial charge in [0.05, 0.1) is 6.61 Å². The number of fused-ring (bicyclic) bond motifs is 1. The zero-order chi connectivity index (χ0) is 24.5. The maximum Gasteiger partial charge on any atom is 0.349 e. The topological polar surface area (TPSA) is 127 Å². The fourth-order valence-corrected chi connectivity index (χ4v) is 3.25. The van der Waals surface area contributed by atoms with Crippen LogP contribution in [0.4, 0.5) is 5.69 Å². The summed E-state index contributed by atoms with van der Waals surface area (Å²) in [5, 5.41) is 8.62. The lowest BCUT2D eigenvalue weighted by Gasteiger charge is -2.09. The Hall–Kier alpha value is -4.14. The number of hydrogen-bond acceptors (Lipinski definition) is 6. The van der Waals surface area contributed by atoms with Gasteiger partial charge in [-0.1, -0.05) is 19.1 Å². The molecule has 9 nitrogen and oxygen atoms in total. The Morgan fingerprint density at radius 3 is 2.32 bits per heavy atom. The van der Waals surface area contributed by atoms with Gasteiger partial charge in [0.1, 0.15) is 5.56 Å². The van der Waals surface area contributed by atoms with Crippen LogP contribution in [-0.2, 0) is 4.79 Å². The van der Waals surface area contributed by atoms with E-state index in [1.54, 1.807) is 42.5 Å². The summed E-state index contributed by atoms with van der Waals surface area (Å²) in [6.07, 6.45) is 1.19. The van der Waals surface area contributed by atoms with E-state index in [0.717, 1.165) is 6.42 Å². The van der Waals surface area contributed by atoms with E-state index < -0.39 is 11.5 Å². The molecule has 3 N–H and O–H groups in total. The van der Waals surface area contributed by atoms with Crippen molar-refractivity contribution in [2.45, 2.75) is 26.7 Å². The Balaban J connectivity index is 1.52. The second-order valence-corrected chi connectivity index (χ2v) is 7.44. The highest BCUT2D eigenvalue weighted by Crippen LogP contribution is 2.24. The molecule has 0 saturated carbocycles. The number of amides is 3. The Morgan fingerprint density at radius 1 is 0.941 bits per heavy atom. The second-order valence-electron chi connectivity index (χ2n) is 7.44. The number of benzene rings is 2. The molecule has 3 rings (SSSR count). The molecular weight excluding hydrogens is 438 g/mol. The van der Waals surface area contributed by atoms with E-state index in [4.69, 9.17) is 9.15 Å². The summed E-state index contributed by atoms with van der Waals surface area (Å²) in [5.74, 6) is -0.568. The van der Waals surface area contributed by atoms with Crippen LogP contribution in [0.25, 0.3) is 11.0 Å². The van der Waals surface area contributed by atoms with Crippen LogP contribution >= 0.6 is 0 Å². The standard InChI is InChI=1S/C25H27N3O6/c1-3-6-21(29)28-18-11-9-16(10-12-18)23(30)26-13-14-27-24(31)19-15-17-7-5-8-20(33-4-2)22(17)34-25(19)32/h5,7-12,15H,3-4,6,13-14H2,1-2H3,(H,26,30)(H,27,31)(H,28,29). The zero-order valence-corrected chi connectivity index (χ0v) is 19.1. The molecule has 178 valence electrons. The highest BCUT2D eigenvalue weighted by molar-refractivity contribution is 5.98. The van der Waals surface area contributed by atoms with E-state index in [9.17, 15) is 19.2 Å². The van der Waals surface area contributed by atoms with Crippen molar-refractivity contribution in [3.8, 4) is 5.75 Å². The molecule has 9 heteroatoms. The third-order valence-electron chi connectivity index (χ3n) is 4.87. The number of carbonyl (C=O) groups excluding carboxylic acids is 3. The highest BCUT2D eigenvalue weighted by Gasteiger charge is 2.15. The molecule has 1 aromatic heterocycles. The Labute approximate surface area is 196 Å². The third-order valence-corrected chi connectivity index (χ3v) is 4.87. The number of carbonyl (C=O) groups is 3. The molecule has 0 spiro atoms. The van der Waals surface area contributed by atoms with Crippen molar-refractivity contribution in [2.24, 2.45) is 0 Å². The average Bonchev–Trinajstić information content (AvgIpc) is 2.82. The monoisotopic (exact) mass is 465 g/mol. The van der Waals surface area contributed by atoms with Gasteiger partial charge < -0.3 is 25.1 Å². The summed E-state index contributed by atoms with van der Waals surface area (Å²) in [4.78, 5) is 48.7. The molecule has 0 aliphatic heterocycles. The van der Waals surface area contributed by atoms with Crippen LogP contribution in [0.3, 0.4) is 0 Å². The molecule has 0 radical (unpaired) electrons. The number of nitrogens with one attached hydrogen (secondary N) is 3. The Kier molecular flexibility index (Phi) is 8.39. The Morgan fingerprint density at radius 2 is 1.65 bits per heavy atom. The van der Waals surface area contributed by atoms with Gasteiger partial charge in [0, 0.05) is 36.1 Å². The number of rotatable bonds is 10. The minimum absolute atomic E-state index is 0.0781. The zero-order valence-electron chi connectivity index (χ0n) is 19.1. The summed E-state index contributed by atoms with van der Waals surface area (Å²) in [6.45, 7) is 4.43. The fourth-order valence-electron chi connectivity index (χ4n) is 3.25. The minimum Gasteiger partial charge on any atom is -0.490 e. The molecule has 0 fully saturated rings. The molecule has 3 aromatic rings. The molecule has 0 aliphatic rings.